The normalized spacial score (nSPS) is 9.76. The van der Waals surface area contributed by atoms with Crippen molar-refractivity contribution in [1.29, 1.82) is 0 Å². The van der Waals surface area contributed by atoms with Crippen molar-refractivity contribution < 1.29 is 0 Å². The molecule has 86 valence electrons. The second kappa shape index (κ2) is 5.21. The Labute approximate surface area is 100.0 Å². The van der Waals surface area contributed by atoms with E-state index in [4.69, 9.17) is 0 Å². The predicted molar refractivity (Wildman–Crippen MR) is 67.6 cm³/mol. The lowest BCUT2D eigenvalue weighted by Crippen LogP contribution is -1.96. The summed E-state index contributed by atoms with van der Waals surface area (Å²) in [5.74, 6) is 0.638. The number of hydrogen-bond acceptors (Lipinski definition) is 3. The van der Waals surface area contributed by atoms with Gasteiger partial charge in [-0.3, -0.25) is 4.98 Å². The first kappa shape index (κ1) is 11.3. The summed E-state index contributed by atoms with van der Waals surface area (Å²) in [6, 6.07) is 9.59. The van der Waals surface area contributed by atoms with Crippen LogP contribution in [0.2, 0.25) is 0 Å². The second-order valence-electron chi connectivity index (χ2n) is 3.17. The minimum absolute atomic E-state index is 0.638. The third-order valence-corrected chi connectivity index (χ3v) is 2.17. The quantitative estimate of drug-likeness (QED) is 0.640. The minimum Gasteiger partial charge on any atom is -0.253 e. The lowest BCUT2D eigenvalue weighted by Gasteiger charge is -1.99. The lowest BCUT2D eigenvalue weighted by atomic mass is 10.3. The van der Waals surface area contributed by atoms with Crippen LogP contribution in [0.4, 0.5) is 0 Å². The Morgan fingerprint density at radius 2 is 1.88 bits per heavy atom. The molecule has 0 radical (unpaired) electrons. The molecule has 3 aromatic heterocycles. The van der Waals surface area contributed by atoms with Gasteiger partial charge < -0.3 is 0 Å². The molecular formula is C13H14N4. The van der Waals surface area contributed by atoms with Crippen molar-refractivity contribution in [2.75, 3.05) is 0 Å². The monoisotopic (exact) mass is 226 g/mol. The van der Waals surface area contributed by atoms with E-state index in [2.05, 4.69) is 15.1 Å². The number of aromatic nitrogens is 4. The Balaban J connectivity index is 0.000000514. The standard InChI is InChI=1S/C11H8N4.C2H6/c1-2-6-12-10(5-1)11-13-8-9-4-3-7-15(9)14-11;1-2/h1-8H;1-2H3. The molecule has 4 nitrogen and oxygen atoms in total. The molecule has 0 bridgehead atoms. The summed E-state index contributed by atoms with van der Waals surface area (Å²) in [4.78, 5) is 8.46. The Kier molecular flexibility index (Phi) is 3.45. The van der Waals surface area contributed by atoms with Gasteiger partial charge in [-0.25, -0.2) is 9.50 Å². The Morgan fingerprint density at radius 1 is 1.00 bits per heavy atom. The zero-order valence-electron chi connectivity index (χ0n) is 9.91. The van der Waals surface area contributed by atoms with E-state index in [9.17, 15) is 0 Å². The van der Waals surface area contributed by atoms with E-state index in [1.165, 1.54) is 0 Å². The van der Waals surface area contributed by atoms with Crippen molar-refractivity contribution in [2.24, 2.45) is 0 Å². The summed E-state index contributed by atoms with van der Waals surface area (Å²) in [6.45, 7) is 4.00. The van der Waals surface area contributed by atoms with Gasteiger partial charge in [-0.1, -0.05) is 19.9 Å². The van der Waals surface area contributed by atoms with E-state index < -0.39 is 0 Å². The van der Waals surface area contributed by atoms with Crippen LogP contribution < -0.4 is 0 Å². The molecule has 0 aliphatic carbocycles. The van der Waals surface area contributed by atoms with Crippen LogP contribution in [0.1, 0.15) is 13.8 Å². The molecule has 0 amide bonds. The van der Waals surface area contributed by atoms with Crippen molar-refractivity contribution in [3.63, 3.8) is 0 Å². The molecule has 0 aromatic carbocycles. The Morgan fingerprint density at radius 3 is 2.65 bits per heavy atom. The number of nitrogens with zero attached hydrogens (tertiary/aromatic N) is 4. The fourth-order valence-corrected chi connectivity index (χ4v) is 1.45. The van der Waals surface area contributed by atoms with Crippen LogP contribution >= 0.6 is 0 Å². The molecule has 3 aromatic rings. The molecule has 0 aliphatic heterocycles. The van der Waals surface area contributed by atoms with Gasteiger partial charge in [0.05, 0.1) is 11.7 Å². The van der Waals surface area contributed by atoms with Crippen LogP contribution in [0.3, 0.4) is 0 Å². The van der Waals surface area contributed by atoms with Gasteiger partial charge in [-0.05, 0) is 24.3 Å². The largest absolute Gasteiger partial charge is 0.253 e. The van der Waals surface area contributed by atoms with Crippen LogP contribution in [0.15, 0.2) is 48.9 Å². The van der Waals surface area contributed by atoms with Gasteiger partial charge in [0.1, 0.15) is 5.69 Å². The molecular weight excluding hydrogens is 212 g/mol. The third-order valence-electron chi connectivity index (χ3n) is 2.17. The molecule has 0 saturated heterocycles. The molecule has 0 unspecified atom stereocenters. The summed E-state index contributed by atoms with van der Waals surface area (Å²) < 4.78 is 1.79. The average molecular weight is 226 g/mol. The zero-order chi connectivity index (χ0) is 12.1. The van der Waals surface area contributed by atoms with Crippen molar-refractivity contribution in [2.45, 2.75) is 13.8 Å². The van der Waals surface area contributed by atoms with E-state index >= 15 is 0 Å². The minimum atomic E-state index is 0.638. The van der Waals surface area contributed by atoms with E-state index in [1.807, 2.05) is 50.4 Å². The first-order valence-corrected chi connectivity index (χ1v) is 5.65. The van der Waals surface area contributed by atoms with Gasteiger partial charge in [-0.15, -0.1) is 5.10 Å². The topological polar surface area (TPSA) is 43.1 Å². The molecule has 17 heavy (non-hydrogen) atoms. The van der Waals surface area contributed by atoms with Gasteiger partial charge >= 0.3 is 0 Å². The SMILES string of the molecule is CC.c1ccc(-c2ncc3cccn3n2)nc1. The van der Waals surface area contributed by atoms with Crippen molar-refractivity contribution in [1.82, 2.24) is 19.6 Å². The van der Waals surface area contributed by atoms with Gasteiger partial charge in [-0.2, -0.15) is 0 Å². The van der Waals surface area contributed by atoms with E-state index in [0.717, 1.165) is 11.2 Å². The molecule has 3 rings (SSSR count). The maximum absolute atomic E-state index is 4.35. The van der Waals surface area contributed by atoms with Gasteiger partial charge in [0.15, 0.2) is 5.82 Å². The molecule has 3 heterocycles. The molecule has 0 atom stereocenters. The summed E-state index contributed by atoms with van der Waals surface area (Å²) in [5, 5.41) is 4.35. The molecule has 0 aliphatic rings. The summed E-state index contributed by atoms with van der Waals surface area (Å²) in [7, 11) is 0. The smallest absolute Gasteiger partial charge is 0.198 e. The van der Waals surface area contributed by atoms with Crippen molar-refractivity contribution >= 4 is 5.52 Å². The number of fused-ring (bicyclic) bond motifs is 1. The van der Waals surface area contributed by atoms with Crippen LogP contribution in [0.25, 0.3) is 17.0 Å². The first-order valence-electron chi connectivity index (χ1n) is 5.65. The Hall–Kier alpha value is -2.23. The number of pyridine rings is 1. The van der Waals surface area contributed by atoms with Crippen LogP contribution in [-0.4, -0.2) is 19.6 Å². The summed E-state index contributed by atoms with van der Waals surface area (Å²) in [6.07, 6.45) is 5.42. The van der Waals surface area contributed by atoms with Crippen molar-refractivity contribution in [3.8, 4) is 11.5 Å². The maximum atomic E-state index is 4.35. The average Bonchev–Trinajstić information content (AvgIpc) is 2.89. The molecule has 0 N–H and O–H groups in total. The molecule has 4 heteroatoms. The fourth-order valence-electron chi connectivity index (χ4n) is 1.45. The highest BCUT2D eigenvalue weighted by Crippen LogP contribution is 2.10. The van der Waals surface area contributed by atoms with Crippen molar-refractivity contribution in [3.05, 3.63) is 48.9 Å². The first-order chi connectivity index (χ1) is 8.43. The lowest BCUT2D eigenvalue weighted by molar-refractivity contribution is 0.907. The van der Waals surface area contributed by atoms with Gasteiger partial charge in [0.25, 0.3) is 0 Å². The molecule has 0 spiro atoms. The Bertz CT molecular complexity index is 586. The predicted octanol–water partition coefficient (Wildman–Crippen LogP) is 2.82. The van der Waals surface area contributed by atoms with Crippen LogP contribution in [0.5, 0.6) is 0 Å². The molecule has 0 saturated carbocycles. The molecule has 0 fully saturated rings. The number of rotatable bonds is 1. The van der Waals surface area contributed by atoms with Crippen LogP contribution in [0, 0.1) is 0 Å². The highest BCUT2D eigenvalue weighted by Gasteiger charge is 2.02. The highest BCUT2D eigenvalue weighted by molar-refractivity contribution is 5.51. The summed E-state index contributed by atoms with van der Waals surface area (Å²) in [5.41, 5.74) is 1.77. The summed E-state index contributed by atoms with van der Waals surface area (Å²) >= 11 is 0. The maximum Gasteiger partial charge on any atom is 0.198 e. The van der Waals surface area contributed by atoms with E-state index in [1.54, 1.807) is 16.9 Å². The fraction of sp³-hybridized carbons (Fsp3) is 0.154. The third kappa shape index (κ3) is 2.30. The van der Waals surface area contributed by atoms with Gasteiger partial charge in [0.2, 0.25) is 0 Å². The van der Waals surface area contributed by atoms with Crippen LogP contribution in [-0.2, 0) is 0 Å². The van der Waals surface area contributed by atoms with E-state index in [-0.39, 0.29) is 0 Å². The van der Waals surface area contributed by atoms with Gasteiger partial charge in [0, 0.05) is 12.4 Å². The zero-order valence-corrected chi connectivity index (χ0v) is 9.91. The van der Waals surface area contributed by atoms with E-state index in [0.29, 0.717) is 5.82 Å². The highest BCUT2D eigenvalue weighted by atomic mass is 15.2. The second-order valence-corrected chi connectivity index (χ2v) is 3.17. The number of hydrogen-bond donors (Lipinski definition) is 0.